The molecular weight excluding hydrogens is 269 g/mol. The van der Waals surface area contributed by atoms with Crippen molar-refractivity contribution >= 4 is 23.2 Å². The van der Waals surface area contributed by atoms with E-state index in [1.165, 1.54) is 0 Å². The third kappa shape index (κ3) is 3.12. The Balaban J connectivity index is 2.19. The van der Waals surface area contributed by atoms with Gasteiger partial charge in [0.05, 0.1) is 11.4 Å². The second kappa shape index (κ2) is 5.40. The summed E-state index contributed by atoms with van der Waals surface area (Å²) in [7, 11) is 0. The molecule has 100 valence electrons. The first-order valence-electron chi connectivity index (χ1n) is 5.70. The van der Waals surface area contributed by atoms with E-state index in [1.54, 1.807) is 28.9 Å². The van der Waals surface area contributed by atoms with Crippen LogP contribution in [0.15, 0.2) is 30.3 Å². The van der Waals surface area contributed by atoms with Crippen molar-refractivity contribution < 1.29 is 9.18 Å². The van der Waals surface area contributed by atoms with E-state index in [0.717, 1.165) is 17.1 Å². The second-order valence-electron chi connectivity index (χ2n) is 4.18. The van der Waals surface area contributed by atoms with Crippen LogP contribution in [0.2, 0.25) is 0 Å². The predicted octanol–water partition coefficient (Wildman–Crippen LogP) is 2.96. The highest BCUT2D eigenvalue weighted by molar-refractivity contribution is 6.31. The molecule has 0 aliphatic carbocycles. The minimum atomic E-state index is -2.05. The van der Waals surface area contributed by atoms with Crippen LogP contribution in [0.25, 0.3) is 5.69 Å². The molecule has 1 aromatic heterocycles. The molecule has 0 aliphatic rings. The van der Waals surface area contributed by atoms with Crippen molar-refractivity contribution in [1.29, 1.82) is 0 Å². The molecule has 1 amide bonds. The number of aromatic nitrogens is 2. The van der Waals surface area contributed by atoms with Crippen LogP contribution in [0.1, 0.15) is 11.4 Å². The summed E-state index contributed by atoms with van der Waals surface area (Å²) >= 11 is 5.04. The summed E-state index contributed by atoms with van der Waals surface area (Å²) in [6, 6.07) is 8.88. The van der Waals surface area contributed by atoms with Crippen LogP contribution in [0.4, 0.5) is 10.1 Å². The van der Waals surface area contributed by atoms with Crippen LogP contribution >= 0.6 is 11.6 Å². The SMILES string of the molecule is Cc1cc(C)n(-c2ccc(NC(=O)C(F)Cl)cc2)n1. The van der Waals surface area contributed by atoms with Crippen molar-refractivity contribution in [2.45, 2.75) is 19.5 Å². The number of halogens is 2. The van der Waals surface area contributed by atoms with Gasteiger partial charge in [0, 0.05) is 11.4 Å². The largest absolute Gasteiger partial charge is 0.322 e. The Morgan fingerprint density at radius 3 is 2.47 bits per heavy atom. The van der Waals surface area contributed by atoms with Gasteiger partial charge in [0.15, 0.2) is 0 Å². The van der Waals surface area contributed by atoms with E-state index in [0.29, 0.717) is 5.69 Å². The molecule has 1 N–H and O–H groups in total. The van der Waals surface area contributed by atoms with Gasteiger partial charge in [-0.3, -0.25) is 4.79 Å². The fourth-order valence-electron chi connectivity index (χ4n) is 1.77. The van der Waals surface area contributed by atoms with Gasteiger partial charge >= 0.3 is 0 Å². The summed E-state index contributed by atoms with van der Waals surface area (Å²) in [4.78, 5) is 11.1. The van der Waals surface area contributed by atoms with Crippen LogP contribution < -0.4 is 5.32 Å². The van der Waals surface area contributed by atoms with E-state index in [1.807, 2.05) is 19.9 Å². The van der Waals surface area contributed by atoms with Gasteiger partial charge in [-0.15, -0.1) is 0 Å². The number of hydrogen-bond donors (Lipinski definition) is 1. The third-order valence-corrected chi connectivity index (χ3v) is 2.79. The lowest BCUT2D eigenvalue weighted by Crippen LogP contribution is -2.19. The standard InChI is InChI=1S/C13H13ClFN3O/c1-8-7-9(2)18(17-8)11-5-3-10(4-6-11)16-13(19)12(14)15/h3-7,12H,1-2H3,(H,16,19). The summed E-state index contributed by atoms with van der Waals surface area (Å²) in [6.45, 7) is 3.87. The maximum Gasteiger partial charge on any atom is 0.274 e. The molecule has 1 heterocycles. The number of benzene rings is 1. The first-order chi connectivity index (χ1) is 8.97. The molecule has 0 radical (unpaired) electrons. The number of aryl methyl sites for hydroxylation is 2. The molecule has 0 fully saturated rings. The lowest BCUT2D eigenvalue weighted by Gasteiger charge is -2.07. The maximum absolute atomic E-state index is 12.5. The van der Waals surface area contributed by atoms with Crippen molar-refractivity contribution in [1.82, 2.24) is 9.78 Å². The maximum atomic E-state index is 12.5. The van der Waals surface area contributed by atoms with E-state index in [4.69, 9.17) is 11.6 Å². The van der Waals surface area contributed by atoms with E-state index in [9.17, 15) is 9.18 Å². The highest BCUT2D eigenvalue weighted by Gasteiger charge is 2.13. The quantitative estimate of drug-likeness (QED) is 0.879. The van der Waals surface area contributed by atoms with Gasteiger partial charge in [-0.2, -0.15) is 5.10 Å². The van der Waals surface area contributed by atoms with Crippen molar-refractivity contribution in [3.8, 4) is 5.69 Å². The zero-order chi connectivity index (χ0) is 14.0. The number of rotatable bonds is 3. The summed E-state index contributed by atoms with van der Waals surface area (Å²) in [5.74, 6) is -0.875. The van der Waals surface area contributed by atoms with Crippen molar-refractivity contribution in [2.75, 3.05) is 5.32 Å². The molecule has 0 spiro atoms. The summed E-state index contributed by atoms with van der Waals surface area (Å²) < 4.78 is 14.3. The summed E-state index contributed by atoms with van der Waals surface area (Å²) in [5, 5.41) is 6.71. The fourth-order valence-corrected chi connectivity index (χ4v) is 1.83. The Morgan fingerprint density at radius 1 is 1.37 bits per heavy atom. The monoisotopic (exact) mass is 281 g/mol. The van der Waals surface area contributed by atoms with Crippen molar-refractivity contribution in [3.63, 3.8) is 0 Å². The number of nitrogens with zero attached hydrogens (tertiary/aromatic N) is 2. The van der Waals surface area contributed by atoms with Gasteiger partial charge in [0.2, 0.25) is 0 Å². The molecule has 0 saturated heterocycles. The zero-order valence-corrected chi connectivity index (χ0v) is 11.3. The first-order valence-corrected chi connectivity index (χ1v) is 6.14. The number of amides is 1. The lowest BCUT2D eigenvalue weighted by molar-refractivity contribution is -0.118. The highest BCUT2D eigenvalue weighted by Crippen LogP contribution is 2.16. The highest BCUT2D eigenvalue weighted by atomic mass is 35.5. The molecule has 4 nitrogen and oxygen atoms in total. The Labute approximate surface area is 115 Å². The number of alkyl halides is 2. The molecule has 1 aromatic carbocycles. The van der Waals surface area contributed by atoms with Crippen molar-refractivity contribution in [2.24, 2.45) is 0 Å². The summed E-state index contributed by atoms with van der Waals surface area (Å²) in [6.07, 6.45) is 0. The van der Waals surface area contributed by atoms with Crippen molar-refractivity contribution in [3.05, 3.63) is 41.7 Å². The molecular formula is C13H13ClFN3O. The minimum absolute atomic E-state index is 0.485. The van der Waals surface area contributed by atoms with Crippen LogP contribution in [0.5, 0.6) is 0 Å². The molecule has 0 aliphatic heterocycles. The molecule has 6 heteroatoms. The zero-order valence-electron chi connectivity index (χ0n) is 10.5. The fraction of sp³-hybridized carbons (Fsp3) is 0.231. The van der Waals surface area contributed by atoms with Gasteiger partial charge in [-0.05, 0) is 44.2 Å². The Kier molecular flexibility index (Phi) is 3.85. The second-order valence-corrected chi connectivity index (χ2v) is 4.56. The number of hydrogen-bond acceptors (Lipinski definition) is 2. The normalized spacial score (nSPS) is 12.2. The first kappa shape index (κ1) is 13.5. The summed E-state index contributed by atoms with van der Waals surface area (Å²) in [5.41, 5.74) is 1.25. The van der Waals surface area contributed by atoms with Gasteiger partial charge in [-0.1, -0.05) is 11.6 Å². The molecule has 19 heavy (non-hydrogen) atoms. The molecule has 0 saturated carbocycles. The predicted molar refractivity (Wildman–Crippen MR) is 72.4 cm³/mol. The Morgan fingerprint density at radius 2 is 2.00 bits per heavy atom. The number of anilines is 1. The molecule has 1 atom stereocenters. The van der Waals surface area contributed by atoms with E-state index in [-0.39, 0.29) is 0 Å². The number of carbonyl (C=O) groups excluding carboxylic acids is 1. The molecule has 1 unspecified atom stereocenters. The average molecular weight is 282 g/mol. The van der Waals surface area contributed by atoms with Crippen LogP contribution in [0.3, 0.4) is 0 Å². The van der Waals surface area contributed by atoms with Crippen LogP contribution in [0, 0.1) is 13.8 Å². The smallest absolute Gasteiger partial charge is 0.274 e. The van der Waals surface area contributed by atoms with Crippen LogP contribution in [-0.2, 0) is 4.79 Å². The molecule has 2 aromatic rings. The van der Waals surface area contributed by atoms with E-state index in [2.05, 4.69) is 10.4 Å². The molecule has 2 rings (SSSR count). The van der Waals surface area contributed by atoms with Gasteiger partial charge in [0.25, 0.3) is 11.5 Å². The third-order valence-electron chi connectivity index (χ3n) is 2.59. The molecule has 0 bridgehead atoms. The Hall–Kier alpha value is -1.88. The minimum Gasteiger partial charge on any atom is -0.322 e. The van der Waals surface area contributed by atoms with E-state index < -0.39 is 11.5 Å². The van der Waals surface area contributed by atoms with Crippen LogP contribution in [-0.4, -0.2) is 21.3 Å². The topological polar surface area (TPSA) is 46.9 Å². The van der Waals surface area contributed by atoms with Gasteiger partial charge in [0.1, 0.15) is 0 Å². The van der Waals surface area contributed by atoms with Gasteiger partial charge in [-0.25, -0.2) is 9.07 Å². The number of carbonyl (C=O) groups is 1. The van der Waals surface area contributed by atoms with E-state index >= 15 is 0 Å². The average Bonchev–Trinajstić information content (AvgIpc) is 2.69. The van der Waals surface area contributed by atoms with Gasteiger partial charge < -0.3 is 5.32 Å². The lowest BCUT2D eigenvalue weighted by atomic mass is 10.2. The number of nitrogens with one attached hydrogen (secondary N) is 1. The Bertz CT molecular complexity index is 592.